The predicted molar refractivity (Wildman–Crippen MR) is 47.8 cm³/mol. The first-order chi connectivity index (χ1) is 5.47. The zero-order chi connectivity index (χ0) is 7.52. The summed E-state index contributed by atoms with van der Waals surface area (Å²) in [6.07, 6.45) is 4.17. The van der Waals surface area contributed by atoms with Gasteiger partial charge in [0, 0.05) is 0 Å². The Balaban J connectivity index is 1.92. The van der Waals surface area contributed by atoms with Crippen molar-refractivity contribution >= 4 is 10.9 Å². The highest BCUT2D eigenvalue weighted by Crippen LogP contribution is 2.39. The van der Waals surface area contributed by atoms with E-state index in [1.54, 1.807) is 0 Å². The highest BCUT2D eigenvalue weighted by Gasteiger charge is 2.18. The van der Waals surface area contributed by atoms with E-state index in [9.17, 15) is 0 Å². The van der Waals surface area contributed by atoms with Crippen molar-refractivity contribution in [2.75, 3.05) is 19.8 Å². The summed E-state index contributed by atoms with van der Waals surface area (Å²) < 4.78 is 10.9. The van der Waals surface area contributed by atoms with E-state index in [1.165, 1.54) is 0 Å². The number of hydrogen-bond donors (Lipinski definition) is 1. The van der Waals surface area contributed by atoms with Crippen LogP contribution in [0.25, 0.3) is 0 Å². The van der Waals surface area contributed by atoms with Crippen LogP contribution in [0.5, 0.6) is 0 Å². The van der Waals surface area contributed by atoms with Crippen molar-refractivity contribution in [3.8, 4) is 0 Å². The van der Waals surface area contributed by atoms with Crippen molar-refractivity contribution in [1.29, 1.82) is 0 Å². The summed E-state index contributed by atoms with van der Waals surface area (Å²) in [4.78, 5) is 0. The second kappa shape index (κ2) is 3.43. The van der Waals surface area contributed by atoms with Crippen LogP contribution in [0.15, 0.2) is 23.0 Å². The van der Waals surface area contributed by atoms with Crippen molar-refractivity contribution in [1.82, 2.24) is 0 Å². The number of thiol groups is 1. The molecule has 1 atom stereocenters. The predicted octanol–water partition coefficient (Wildman–Crippen LogP) is 1.40. The summed E-state index contributed by atoms with van der Waals surface area (Å²) >= 11 is 0. The smallest absolute Gasteiger partial charge is 0.115 e. The fourth-order valence-electron chi connectivity index (χ4n) is 1.19. The molecule has 0 spiro atoms. The van der Waals surface area contributed by atoms with Gasteiger partial charge in [-0.3, -0.25) is 0 Å². The zero-order valence-corrected chi connectivity index (χ0v) is 7.17. The fourth-order valence-corrected chi connectivity index (χ4v) is 2.82. The first kappa shape index (κ1) is 7.40. The monoisotopic (exact) mass is 172 g/mol. The molecule has 1 saturated heterocycles. The Hall–Kier alpha value is -0.250. The van der Waals surface area contributed by atoms with Gasteiger partial charge in [0.25, 0.3) is 0 Å². The molecule has 0 amide bonds. The minimum absolute atomic E-state index is 0.172. The summed E-state index contributed by atoms with van der Waals surface area (Å²) in [5.74, 6) is 0. The van der Waals surface area contributed by atoms with Gasteiger partial charge in [-0.05, 0) is 10.8 Å². The van der Waals surface area contributed by atoms with Gasteiger partial charge in [0.1, 0.15) is 5.44 Å². The van der Waals surface area contributed by atoms with Crippen LogP contribution >= 0.6 is 10.9 Å². The molecule has 1 fully saturated rings. The van der Waals surface area contributed by atoms with Crippen LogP contribution in [0.3, 0.4) is 0 Å². The summed E-state index contributed by atoms with van der Waals surface area (Å²) in [5.41, 5.74) is 0.314. The van der Waals surface area contributed by atoms with Crippen LogP contribution < -0.4 is 0 Å². The Bertz CT molecular complexity index is 171. The molecule has 2 rings (SSSR count). The molecular formula is C8H12O2S. The molecular weight excluding hydrogens is 160 g/mol. The molecule has 0 radical (unpaired) electrons. The summed E-state index contributed by atoms with van der Waals surface area (Å²) in [5, 5.41) is 4.43. The highest BCUT2D eigenvalue weighted by atomic mass is 32.2. The van der Waals surface area contributed by atoms with Gasteiger partial charge in [-0.2, -0.15) is 10.9 Å². The third kappa shape index (κ3) is 1.67. The first-order valence-corrected chi connectivity index (χ1v) is 5.33. The largest absolute Gasteiger partial charge is 0.375 e. The second-order valence-electron chi connectivity index (χ2n) is 2.53. The van der Waals surface area contributed by atoms with Crippen LogP contribution in [-0.4, -0.2) is 25.3 Å². The van der Waals surface area contributed by atoms with Crippen molar-refractivity contribution in [3.63, 3.8) is 0 Å². The number of ether oxygens (including phenoxy) is 2. The van der Waals surface area contributed by atoms with Crippen LogP contribution in [0.1, 0.15) is 0 Å². The van der Waals surface area contributed by atoms with Gasteiger partial charge < -0.3 is 9.47 Å². The van der Waals surface area contributed by atoms with E-state index < -0.39 is 0 Å². The molecule has 2 aliphatic rings. The van der Waals surface area contributed by atoms with Crippen molar-refractivity contribution in [2.24, 2.45) is 0 Å². The van der Waals surface area contributed by atoms with E-state index in [2.05, 4.69) is 23.0 Å². The fraction of sp³-hybridized carbons (Fsp3) is 0.500. The SMILES string of the molecule is C1=C[SH](C2COCCO2)C=C1. The second-order valence-corrected chi connectivity index (χ2v) is 4.60. The van der Waals surface area contributed by atoms with Crippen molar-refractivity contribution < 1.29 is 9.47 Å². The number of hydrogen-bond acceptors (Lipinski definition) is 2. The van der Waals surface area contributed by atoms with Crippen LogP contribution in [0.2, 0.25) is 0 Å². The van der Waals surface area contributed by atoms with Gasteiger partial charge in [0.05, 0.1) is 19.8 Å². The van der Waals surface area contributed by atoms with E-state index in [1.807, 2.05) is 0 Å². The molecule has 0 aromatic heterocycles. The summed E-state index contributed by atoms with van der Waals surface area (Å²) in [6.45, 7) is 2.28. The van der Waals surface area contributed by atoms with Crippen LogP contribution in [0.4, 0.5) is 0 Å². The lowest BCUT2D eigenvalue weighted by Crippen LogP contribution is -2.27. The molecule has 0 bridgehead atoms. The topological polar surface area (TPSA) is 18.5 Å². The Morgan fingerprint density at radius 3 is 2.64 bits per heavy atom. The molecule has 2 aliphatic heterocycles. The van der Waals surface area contributed by atoms with E-state index in [-0.39, 0.29) is 10.9 Å². The Labute approximate surface area is 69.2 Å². The minimum atomic E-state index is -0.172. The number of allylic oxidation sites excluding steroid dienone is 2. The lowest BCUT2D eigenvalue weighted by atomic mass is 10.6. The molecule has 0 aliphatic carbocycles. The third-order valence-electron chi connectivity index (χ3n) is 1.76. The molecule has 1 unspecified atom stereocenters. The maximum absolute atomic E-state index is 5.56. The van der Waals surface area contributed by atoms with Gasteiger partial charge in [-0.25, -0.2) is 0 Å². The molecule has 0 aromatic rings. The molecule has 62 valence electrons. The van der Waals surface area contributed by atoms with Crippen molar-refractivity contribution in [3.05, 3.63) is 23.0 Å². The average Bonchev–Trinajstić information content (AvgIpc) is 2.58. The molecule has 0 N–H and O–H groups in total. The van der Waals surface area contributed by atoms with Crippen LogP contribution in [-0.2, 0) is 9.47 Å². The van der Waals surface area contributed by atoms with Crippen molar-refractivity contribution in [2.45, 2.75) is 5.44 Å². The quantitative estimate of drug-likeness (QED) is 0.603. The van der Waals surface area contributed by atoms with Gasteiger partial charge in [0.2, 0.25) is 0 Å². The van der Waals surface area contributed by atoms with Gasteiger partial charge >= 0.3 is 0 Å². The Morgan fingerprint density at radius 1 is 1.18 bits per heavy atom. The Kier molecular flexibility index (Phi) is 2.31. The minimum Gasteiger partial charge on any atom is -0.375 e. The number of rotatable bonds is 1. The molecule has 2 heterocycles. The van der Waals surface area contributed by atoms with E-state index in [4.69, 9.17) is 9.47 Å². The lowest BCUT2D eigenvalue weighted by Gasteiger charge is -2.28. The lowest BCUT2D eigenvalue weighted by molar-refractivity contribution is -0.0501. The zero-order valence-electron chi connectivity index (χ0n) is 6.27. The van der Waals surface area contributed by atoms with Gasteiger partial charge in [-0.15, -0.1) is 0 Å². The molecule has 0 saturated carbocycles. The third-order valence-corrected chi connectivity index (χ3v) is 3.75. The molecule has 3 heteroatoms. The normalized spacial score (nSPS) is 33.1. The Morgan fingerprint density at radius 2 is 2.00 bits per heavy atom. The van der Waals surface area contributed by atoms with Crippen LogP contribution in [0, 0.1) is 0 Å². The van der Waals surface area contributed by atoms with E-state index in [0.717, 1.165) is 19.8 Å². The molecule has 2 nitrogen and oxygen atoms in total. The van der Waals surface area contributed by atoms with Gasteiger partial charge in [-0.1, -0.05) is 12.2 Å². The summed E-state index contributed by atoms with van der Waals surface area (Å²) in [7, 11) is -0.172. The maximum Gasteiger partial charge on any atom is 0.115 e. The maximum atomic E-state index is 5.56. The van der Waals surface area contributed by atoms with E-state index >= 15 is 0 Å². The first-order valence-electron chi connectivity index (χ1n) is 3.78. The van der Waals surface area contributed by atoms with Gasteiger partial charge in [0.15, 0.2) is 0 Å². The average molecular weight is 172 g/mol. The highest BCUT2D eigenvalue weighted by molar-refractivity contribution is 8.22. The van der Waals surface area contributed by atoms with E-state index in [0.29, 0.717) is 5.44 Å². The summed E-state index contributed by atoms with van der Waals surface area (Å²) in [6, 6.07) is 0. The molecule has 0 aromatic carbocycles. The standard InChI is InChI=1S/C8H12O2S/c1-2-6-11(5-1)8-7-9-3-4-10-8/h1-2,5-6,8,11H,3-4,7H2. The molecule has 11 heavy (non-hydrogen) atoms.